The predicted molar refractivity (Wildman–Crippen MR) is 57.1 cm³/mol. The Bertz CT molecular complexity index is 403. The molecule has 0 saturated carbocycles. The molecule has 0 fully saturated rings. The standard InChI is InChI=1S/C11H13NO4/c1-7(13)16-10-5-3-2-4-8(10)6-9(12)11(14)15/h2-5,9H,6,12H2,1H3,(H,14,15)/t9-/m0/s1. The molecule has 1 aromatic carbocycles. The van der Waals surface area contributed by atoms with Gasteiger partial charge in [-0.05, 0) is 11.6 Å². The van der Waals surface area contributed by atoms with Crippen molar-refractivity contribution >= 4 is 11.9 Å². The van der Waals surface area contributed by atoms with Gasteiger partial charge in [-0.1, -0.05) is 18.2 Å². The number of hydrogen-bond donors (Lipinski definition) is 2. The summed E-state index contributed by atoms with van der Waals surface area (Å²) in [5, 5.41) is 8.68. The van der Waals surface area contributed by atoms with Crippen LogP contribution in [0.4, 0.5) is 0 Å². The summed E-state index contributed by atoms with van der Waals surface area (Å²) in [6.07, 6.45) is 0.124. The number of nitrogens with two attached hydrogens (primary N) is 1. The normalized spacial score (nSPS) is 11.9. The van der Waals surface area contributed by atoms with E-state index in [4.69, 9.17) is 15.6 Å². The number of carbonyl (C=O) groups excluding carboxylic acids is 1. The number of aliphatic carboxylic acids is 1. The zero-order chi connectivity index (χ0) is 12.1. The molecule has 0 saturated heterocycles. The molecule has 0 aromatic heterocycles. The van der Waals surface area contributed by atoms with Crippen molar-refractivity contribution in [1.82, 2.24) is 0 Å². The monoisotopic (exact) mass is 223 g/mol. The Balaban J connectivity index is 2.86. The molecule has 0 radical (unpaired) electrons. The Labute approximate surface area is 92.8 Å². The molecule has 0 heterocycles. The Morgan fingerprint density at radius 3 is 2.62 bits per heavy atom. The minimum Gasteiger partial charge on any atom is -0.480 e. The summed E-state index contributed by atoms with van der Waals surface area (Å²) >= 11 is 0. The van der Waals surface area contributed by atoms with Crippen LogP contribution in [0.2, 0.25) is 0 Å². The highest BCUT2D eigenvalue weighted by Crippen LogP contribution is 2.19. The second kappa shape index (κ2) is 5.27. The lowest BCUT2D eigenvalue weighted by atomic mass is 10.1. The Hall–Kier alpha value is -1.88. The van der Waals surface area contributed by atoms with E-state index in [0.29, 0.717) is 11.3 Å². The molecule has 86 valence electrons. The van der Waals surface area contributed by atoms with Crippen LogP contribution in [0.3, 0.4) is 0 Å². The summed E-state index contributed by atoms with van der Waals surface area (Å²) in [5.41, 5.74) is 6.01. The Morgan fingerprint density at radius 1 is 1.44 bits per heavy atom. The molecule has 0 spiro atoms. The number of hydrogen-bond acceptors (Lipinski definition) is 4. The number of para-hydroxylation sites is 1. The first-order chi connectivity index (χ1) is 7.50. The third-order valence-electron chi connectivity index (χ3n) is 1.98. The molecule has 1 atom stereocenters. The number of esters is 1. The molecule has 0 amide bonds. The number of carbonyl (C=O) groups is 2. The van der Waals surface area contributed by atoms with Crippen LogP contribution in [0.1, 0.15) is 12.5 Å². The number of carboxylic acid groups (broad SMARTS) is 1. The van der Waals surface area contributed by atoms with E-state index in [9.17, 15) is 9.59 Å². The molecular formula is C11H13NO4. The van der Waals surface area contributed by atoms with Gasteiger partial charge in [0.15, 0.2) is 0 Å². The van der Waals surface area contributed by atoms with Gasteiger partial charge in [-0.2, -0.15) is 0 Å². The SMILES string of the molecule is CC(=O)Oc1ccccc1C[C@H](N)C(=O)O. The van der Waals surface area contributed by atoms with Crippen molar-refractivity contribution in [2.24, 2.45) is 5.73 Å². The van der Waals surface area contributed by atoms with Crippen LogP contribution in [0.15, 0.2) is 24.3 Å². The van der Waals surface area contributed by atoms with E-state index in [1.165, 1.54) is 6.92 Å². The lowest BCUT2D eigenvalue weighted by Gasteiger charge is -2.10. The van der Waals surface area contributed by atoms with E-state index in [2.05, 4.69) is 0 Å². The second-order valence-electron chi connectivity index (χ2n) is 3.35. The summed E-state index contributed by atoms with van der Waals surface area (Å²) < 4.78 is 4.94. The van der Waals surface area contributed by atoms with E-state index < -0.39 is 18.0 Å². The summed E-state index contributed by atoms with van der Waals surface area (Å²) in [6.45, 7) is 1.29. The first-order valence-electron chi connectivity index (χ1n) is 4.75. The van der Waals surface area contributed by atoms with E-state index in [0.717, 1.165) is 0 Å². The van der Waals surface area contributed by atoms with Gasteiger partial charge < -0.3 is 15.6 Å². The van der Waals surface area contributed by atoms with Gasteiger partial charge in [-0.3, -0.25) is 9.59 Å². The van der Waals surface area contributed by atoms with Gasteiger partial charge >= 0.3 is 11.9 Å². The number of benzene rings is 1. The van der Waals surface area contributed by atoms with Crippen molar-refractivity contribution in [3.05, 3.63) is 29.8 Å². The van der Waals surface area contributed by atoms with Crippen LogP contribution in [-0.2, 0) is 16.0 Å². The van der Waals surface area contributed by atoms with E-state index in [-0.39, 0.29) is 6.42 Å². The molecule has 0 aliphatic rings. The largest absolute Gasteiger partial charge is 0.480 e. The fourth-order valence-electron chi connectivity index (χ4n) is 1.25. The van der Waals surface area contributed by atoms with Crippen LogP contribution >= 0.6 is 0 Å². The molecule has 0 aliphatic heterocycles. The number of carboxylic acids is 1. The van der Waals surface area contributed by atoms with Crippen LogP contribution < -0.4 is 10.5 Å². The lowest BCUT2D eigenvalue weighted by Crippen LogP contribution is -2.32. The highest BCUT2D eigenvalue weighted by Gasteiger charge is 2.15. The van der Waals surface area contributed by atoms with E-state index >= 15 is 0 Å². The van der Waals surface area contributed by atoms with Crippen molar-refractivity contribution in [2.75, 3.05) is 0 Å². The third-order valence-corrected chi connectivity index (χ3v) is 1.98. The van der Waals surface area contributed by atoms with Gasteiger partial charge in [0, 0.05) is 13.3 Å². The fourth-order valence-corrected chi connectivity index (χ4v) is 1.25. The minimum atomic E-state index is -1.09. The fraction of sp³-hybridized carbons (Fsp3) is 0.273. The molecular weight excluding hydrogens is 210 g/mol. The summed E-state index contributed by atoms with van der Waals surface area (Å²) in [6, 6.07) is 5.72. The van der Waals surface area contributed by atoms with Gasteiger partial charge in [0.1, 0.15) is 11.8 Å². The average molecular weight is 223 g/mol. The summed E-state index contributed by atoms with van der Waals surface area (Å²) in [7, 11) is 0. The molecule has 5 heteroatoms. The van der Waals surface area contributed by atoms with Gasteiger partial charge in [0.2, 0.25) is 0 Å². The molecule has 1 rings (SSSR count). The molecule has 1 aromatic rings. The smallest absolute Gasteiger partial charge is 0.320 e. The van der Waals surface area contributed by atoms with Crippen molar-refractivity contribution in [2.45, 2.75) is 19.4 Å². The minimum absolute atomic E-state index is 0.124. The van der Waals surface area contributed by atoms with Crippen molar-refractivity contribution in [1.29, 1.82) is 0 Å². The van der Waals surface area contributed by atoms with Crippen LogP contribution in [0, 0.1) is 0 Å². The Kier molecular flexibility index (Phi) is 4.02. The molecule has 3 N–H and O–H groups in total. The maximum absolute atomic E-state index is 10.8. The lowest BCUT2D eigenvalue weighted by molar-refractivity contribution is -0.138. The first kappa shape index (κ1) is 12.2. The molecule has 5 nitrogen and oxygen atoms in total. The molecule has 0 unspecified atom stereocenters. The van der Waals surface area contributed by atoms with Crippen molar-refractivity contribution < 1.29 is 19.4 Å². The van der Waals surface area contributed by atoms with Crippen molar-refractivity contribution in [3.8, 4) is 5.75 Å². The zero-order valence-electron chi connectivity index (χ0n) is 8.84. The highest BCUT2D eigenvalue weighted by atomic mass is 16.5. The molecule has 0 aliphatic carbocycles. The molecule has 16 heavy (non-hydrogen) atoms. The first-order valence-corrected chi connectivity index (χ1v) is 4.75. The quantitative estimate of drug-likeness (QED) is 0.575. The van der Waals surface area contributed by atoms with Crippen LogP contribution in [0.25, 0.3) is 0 Å². The highest BCUT2D eigenvalue weighted by molar-refractivity contribution is 5.74. The number of ether oxygens (including phenoxy) is 1. The summed E-state index contributed by atoms with van der Waals surface area (Å²) in [5.74, 6) is -1.18. The van der Waals surface area contributed by atoms with Gasteiger partial charge in [0.05, 0.1) is 0 Å². The van der Waals surface area contributed by atoms with E-state index in [1.54, 1.807) is 24.3 Å². The van der Waals surface area contributed by atoms with E-state index in [1.807, 2.05) is 0 Å². The van der Waals surface area contributed by atoms with Crippen LogP contribution in [-0.4, -0.2) is 23.1 Å². The predicted octanol–water partition coefficient (Wildman–Crippen LogP) is 0.566. The topological polar surface area (TPSA) is 89.6 Å². The van der Waals surface area contributed by atoms with Gasteiger partial charge in [-0.15, -0.1) is 0 Å². The maximum atomic E-state index is 10.8. The maximum Gasteiger partial charge on any atom is 0.320 e. The number of rotatable bonds is 4. The molecule has 0 bridgehead atoms. The average Bonchev–Trinajstić information content (AvgIpc) is 2.20. The zero-order valence-corrected chi connectivity index (χ0v) is 8.84. The second-order valence-corrected chi connectivity index (χ2v) is 3.35. The Morgan fingerprint density at radius 2 is 2.06 bits per heavy atom. The third kappa shape index (κ3) is 3.36. The van der Waals surface area contributed by atoms with Gasteiger partial charge in [0.25, 0.3) is 0 Å². The van der Waals surface area contributed by atoms with Crippen molar-refractivity contribution in [3.63, 3.8) is 0 Å². The van der Waals surface area contributed by atoms with Gasteiger partial charge in [-0.25, -0.2) is 0 Å². The summed E-state index contributed by atoms with van der Waals surface area (Å²) in [4.78, 5) is 21.4. The van der Waals surface area contributed by atoms with Crippen LogP contribution in [0.5, 0.6) is 5.75 Å².